The Hall–Kier alpha value is -5.18. The third kappa shape index (κ3) is 17.1. The van der Waals surface area contributed by atoms with Crippen molar-refractivity contribution in [2.75, 3.05) is 50.5 Å². The van der Waals surface area contributed by atoms with Gasteiger partial charge in [0.25, 0.3) is 26.6 Å². The quantitative estimate of drug-likeness (QED) is 0.0392. The Morgan fingerprint density at radius 1 is 0.984 bits per heavy atom. The Balaban J connectivity index is 0.000000342. The number of aliphatic carboxylic acids is 1. The van der Waals surface area contributed by atoms with Gasteiger partial charge in [0.1, 0.15) is 24.7 Å². The number of benzene rings is 3. The van der Waals surface area contributed by atoms with Gasteiger partial charge in [0.05, 0.1) is 83.1 Å². The van der Waals surface area contributed by atoms with Crippen molar-refractivity contribution < 1.29 is 74.9 Å². The average Bonchev–Trinajstić information content (AvgIpc) is 3.63. The number of rotatable bonds is 13. The maximum atomic E-state index is 12.7. The van der Waals surface area contributed by atoms with Gasteiger partial charge in [-0.15, -0.1) is 5.10 Å². The molecule has 64 heavy (non-hydrogen) atoms. The maximum Gasteiger partial charge on any atom is 0.416 e. The summed E-state index contributed by atoms with van der Waals surface area (Å²) in [6, 6.07) is 9.92. The van der Waals surface area contributed by atoms with E-state index in [1.165, 1.54) is 26.4 Å². The molecule has 0 radical (unpaired) electrons. The summed E-state index contributed by atoms with van der Waals surface area (Å²) in [5, 5.41) is 33.1. The van der Waals surface area contributed by atoms with Crippen LogP contribution >= 0.6 is 42.4 Å². The maximum absolute atomic E-state index is 12.7. The molecule has 1 unspecified atom stereocenters. The first-order valence-corrected chi connectivity index (χ1v) is 23.7. The second-order valence-electron chi connectivity index (χ2n) is 12.4. The van der Waals surface area contributed by atoms with Crippen molar-refractivity contribution in [3.05, 3.63) is 96.5 Å². The van der Waals surface area contributed by atoms with Crippen molar-refractivity contribution in [3.8, 4) is 23.3 Å². The number of aromatic carboxylic acids is 1. The number of hydrogen-bond acceptors (Lipinski definition) is 15. The smallest absolute Gasteiger partial charge is 0.416 e. The fourth-order valence-corrected chi connectivity index (χ4v) is 6.35. The van der Waals surface area contributed by atoms with Crippen LogP contribution in [0.4, 0.5) is 24.5 Å². The predicted molar refractivity (Wildman–Crippen MR) is 228 cm³/mol. The van der Waals surface area contributed by atoms with Gasteiger partial charge in [-0.1, -0.05) is 40.9 Å². The third-order valence-electron chi connectivity index (χ3n) is 6.89. The minimum absolute atomic E-state index is 0.0111. The average molecular weight is 1030 g/mol. The number of halogens is 6. The summed E-state index contributed by atoms with van der Waals surface area (Å²) in [4.78, 5) is 56.6. The lowest BCUT2D eigenvalue weighted by Gasteiger charge is -2.14. The Labute approximate surface area is 379 Å². The molecule has 0 aliphatic heterocycles. The number of hydrogen-bond donors (Lipinski definition) is 5. The van der Waals surface area contributed by atoms with Crippen molar-refractivity contribution >= 4 is 92.4 Å². The molecule has 30 heteroatoms. The number of nitro groups is 1. The van der Waals surface area contributed by atoms with E-state index in [-0.39, 0.29) is 49.8 Å². The van der Waals surface area contributed by atoms with E-state index in [9.17, 15) is 50.8 Å². The molecular weight excluding hydrogens is 989 g/mol. The standard InChI is InChI=1S/C14H13Cl2N5O4S.C14H7ClF3NO5.C3H8NO5P.C3H9S/c1-7-4-5-8(15)12(11(7)16)20-26(22,23)14-18-13-17-9(24-2)6-10(25-3)21(13)19-14;15-10-5-7(14(16,17)18)1-4-12(10)24-8-2-3-11(19(22)23)9(6-8)13(20)21;5-3(6)1-4-2-10(7,8)9;1-4(2)3/h4-6,20H,1-3H3;1-6H,(H,20,21);4H,1-2H2,(H,5,6)(H2,7,8,9);1-3H3/q;;;+1/p-1. The first-order valence-electron chi connectivity index (χ1n) is 16.8. The van der Waals surface area contributed by atoms with Crippen LogP contribution in [0.15, 0.2) is 59.8 Å². The van der Waals surface area contributed by atoms with E-state index in [1.54, 1.807) is 13.0 Å². The number of anilines is 1. The normalized spacial score (nSPS) is 12.0. The van der Waals surface area contributed by atoms with Gasteiger partial charge in [-0.2, -0.15) is 36.1 Å². The highest BCUT2D eigenvalue weighted by Gasteiger charge is 2.31. The number of carbonyl (C=O) groups is 2. The first-order chi connectivity index (χ1) is 29.5. The zero-order chi connectivity index (χ0) is 48.9. The summed E-state index contributed by atoms with van der Waals surface area (Å²) in [7, 11) is -5.08. The number of nitro benzene ring substituents is 1. The highest BCUT2D eigenvalue weighted by Crippen LogP contribution is 2.38. The number of ether oxygens (including phenoxy) is 3. The van der Waals surface area contributed by atoms with Crippen molar-refractivity contribution in [1.29, 1.82) is 0 Å². The monoisotopic (exact) mass is 1020 g/mol. The zero-order valence-corrected chi connectivity index (χ0v) is 38.5. The van der Waals surface area contributed by atoms with Gasteiger partial charge in [-0.05, 0) is 53.7 Å². The minimum atomic E-state index is -4.58. The Kier molecular flexibility index (Phi) is 20.3. The summed E-state index contributed by atoms with van der Waals surface area (Å²) in [5.41, 5.74) is -1.54. The molecule has 0 fully saturated rings. The number of methoxy groups -OCH3 is 2. The van der Waals surface area contributed by atoms with Crippen molar-refractivity contribution in [2.24, 2.45) is 0 Å². The molecule has 350 valence electrons. The lowest BCUT2D eigenvalue weighted by molar-refractivity contribution is -0.385. The molecule has 5 aromatic rings. The Morgan fingerprint density at radius 2 is 1.61 bits per heavy atom. The molecule has 0 saturated carbocycles. The SMILES string of the molecule is COc1cc(OC)n2nc(S(=O)(=O)Nc3c(Cl)ccc(C)c3Cl)nc2n1.C[S+](C)C.O=C(O)CNCP(=O)([O-])O.O=C(O)c1cc(Oc2ccc(C(F)(F)F)cc2Cl)ccc1[N+](=O)[O-]. The summed E-state index contributed by atoms with van der Waals surface area (Å²) in [6.07, 6.45) is 1.30. The Bertz CT molecular complexity index is 2640. The molecule has 3 aromatic carbocycles. The summed E-state index contributed by atoms with van der Waals surface area (Å²) in [5.74, 6) is -2.62. The van der Waals surface area contributed by atoms with Gasteiger partial charge in [0.2, 0.25) is 11.8 Å². The molecule has 0 aliphatic carbocycles. The molecule has 0 bridgehead atoms. The molecule has 5 rings (SSSR count). The van der Waals surface area contributed by atoms with Crippen molar-refractivity contribution in [1.82, 2.24) is 24.9 Å². The van der Waals surface area contributed by atoms with Gasteiger partial charge in [0, 0.05) is 12.1 Å². The summed E-state index contributed by atoms with van der Waals surface area (Å²) < 4.78 is 91.8. The lowest BCUT2D eigenvalue weighted by Crippen LogP contribution is -2.25. The highest BCUT2D eigenvalue weighted by molar-refractivity contribution is 7.94. The van der Waals surface area contributed by atoms with Crippen LogP contribution in [0.5, 0.6) is 23.3 Å². The lowest BCUT2D eigenvalue weighted by atomic mass is 10.1. The van der Waals surface area contributed by atoms with Crippen LogP contribution in [0.3, 0.4) is 0 Å². The number of fused-ring (bicyclic) bond motifs is 1. The molecule has 1 atom stereocenters. The number of sulfonamides is 1. The molecule has 0 amide bonds. The Morgan fingerprint density at radius 3 is 2.11 bits per heavy atom. The van der Waals surface area contributed by atoms with Gasteiger partial charge < -0.3 is 38.8 Å². The topological polar surface area (TPSA) is 307 Å². The molecule has 2 heterocycles. The van der Waals surface area contributed by atoms with Crippen molar-refractivity contribution in [3.63, 3.8) is 0 Å². The van der Waals surface area contributed by atoms with E-state index in [2.05, 4.69) is 38.6 Å². The number of aromatic nitrogens is 4. The van der Waals surface area contributed by atoms with Gasteiger partial charge in [-0.3, -0.25) is 24.9 Å². The molecule has 2 aromatic heterocycles. The van der Waals surface area contributed by atoms with E-state index in [4.69, 9.17) is 64.1 Å². The van der Waals surface area contributed by atoms with E-state index in [0.29, 0.717) is 22.5 Å². The molecule has 5 N–H and O–H groups in total. The number of carboxylic acid groups (broad SMARTS) is 2. The number of carboxylic acids is 2. The number of aryl methyl sites for hydroxylation is 1. The van der Waals surface area contributed by atoms with Gasteiger partial charge in [0.15, 0.2) is 0 Å². The van der Waals surface area contributed by atoms with Gasteiger partial charge >= 0.3 is 18.1 Å². The second-order valence-corrected chi connectivity index (χ2v) is 19.2. The second kappa shape index (κ2) is 23.7. The number of nitrogens with zero attached hydrogens (tertiary/aromatic N) is 5. The van der Waals surface area contributed by atoms with Crippen LogP contribution in [-0.4, -0.2) is 106 Å². The number of alkyl halides is 3. The largest absolute Gasteiger partial charge is 0.778 e. The van der Waals surface area contributed by atoms with Crippen LogP contribution in [0.25, 0.3) is 5.78 Å². The molecule has 0 aliphatic rings. The first kappa shape index (κ1) is 55.0. The van der Waals surface area contributed by atoms with E-state index < -0.39 is 75.5 Å². The van der Waals surface area contributed by atoms with Crippen molar-refractivity contribution in [2.45, 2.75) is 18.3 Å². The summed E-state index contributed by atoms with van der Waals surface area (Å²) >= 11 is 17.9. The van der Waals surface area contributed by atoms with E-state index in [0.717, 1.165) is 34.8 Å². The molecular formula is C34H36Cl3F3N7O14PS2. The van der Waals surface area contributed by atoms with Crippen LogP contribution < -0.4 is 29.1 Å². The minimum Gasteiger partial charge on any atom is -0.778 e. The molecule has 0 spiro atoms. The van der Waals surface area contributed by atoms with Crippen LogP contribution in [0.1, 0.15) is 21.5 Å². The number of nitrogens with one attached hydrogen (secondary N) is 2. The van der Waals surface area contributed by atoms with E-state index in [1.807, 2.05) is 5.32 Å². The summed E-state index contributed by atoms with van der Waals surface area (Å²) in [6.45, 7) is 1.24. The van der Waals surface area contributed by atoms with Crippen LogP contribution in [-0.2, 0) is 36.5 Å². The van der Waals surface area contributed by atoms with Crippen LogP contribution in [0, 0.1) is 17.0 Å². The molecule has 21 nitrogen and oxygen atoms in total. The fourth-order valence-electron chi connectivity index (χ4n) is 4.20. The highest BCUT2D eigenvalue weighted by atomic mass is 35.5. The van der Waals surface area contributed by atoms with E-state index >= 15 is 0 Å². The predicted octanol–water partition coefficient (Wildman–Crippen LogP) is 5.97. The fraction of sp³-hybridized carbons (Fsp3) is 0.265. The van der Waals surface area contributed by atoms with Gasteiger partial charge in [-0.25, -0.2) is 4.79 Å². The zero-order valence-electron chi connectivity index (χ0n) is 33.7. The third-order valence-corrected chi connectivity index (χ3v) is 9.73. The van der Waals surface area contributed by atoms with Crippen LogP contribution in [0.2, 0.25) is 15.1 Å². The molecule has 0 saturated heterocycles.